The molecular weight excluding hydrogens is 342 g/mol. The van der Waals surface area contributed by atoms with Gasteiger partial charge >= 0.3 is 0 Å². The van der Waals surface area contributed by atoms with Gasteiger partial charge in [0.25, 0.3) is 0 Å². The van der Waals surface area contributed by atoms with Crippen LogP contribution in [-0.2, 0) is 6.54 Å². The van der Waals surface area contributed by atoms with E-state index in [9.17, 15) is 0 Å². The van der Waals surface area contributed by atoms with Crippen molar-refractivity contribution >= 4 is 18.0 Å². The molecule has 1 aromatic rings. The van der Waals surface area contributed by atoms with Crippen LogP contribution in [0.4, 0.5) is 5.69 Å². The zero-order valence-corrected chi connectivity index (χ0v) is 17.8. The van der Waals surface area contributed by atoms with Crippen LogP contribution < -0.4 is 5.32 Å². The van der Waals surface area contributed by atoms with E-state index in [1.807, 2.05) is 12.3 Å². The van der Waals surface area contributed by atoms with Crippen LogP contribution in [0.3, 0.4) is 0 Å². The van der Waals surface area contributed by atoms with Crippen molar-refractivity contribution in [3.05, 3.63) is 53.9 Å². The molecule has 0 radical (unpaired) electrons. The minimum atomic E-state index is 0.729. The molecule has 3 heteroatoms. The highest BCUT2D eigenvalue weighted by Crippen LogP contribution is 2.31. The summed E-state index contributed by atoms with van der Waals surface area (Å²) < 4.78 is 0. The van der Waals surface area contributed by atoms with E-state index in [4.69, 9.17) is 0 Å². The molecule has 1 aromatic heterocycles. The van der Waals surface area contributed by atoms with Gasteiger partial charge in [0, 0.05) is 18.3 Å². The molecule has 152 valence electrons. The van der Waals surface area contributed by atoms with Crippen LogP contribution in [0.2, 0.25) is 0 Å². The SMILES string of the molecule is C=Nc1c(C(=C)CCCC2=CC=CCC2)ccnc1CNCC(CC)CCC. The van der Waals surface area contributed by atoms with Gasteiger partial charge in [-0.1, -0.05) is 57.1 Å². The number of nitrogens with zero attached hydrogens (tertiary/aromatic N) is 2. The molecule has 1 unspecified atom stereocenters. The van der Waals surface area contributed by atoms with Gasteiger partial charge < -0.3 is 5.32 Å². The van der Waals surface area contributed by atoms with Crippen LogP contribution in [0.25, 0.3) is 5.57 Å². The Morgan fingerprint density at radius 3 is 2.89 bits per heavy atom. The summed E-state index contributed by atoms with van der Waals surface area (Å²) in [5.74, 6) is 0.729. The normalized spacial score (nSPS) is 14.6. The lowest BCUT2D eigenvalue weighted by Crippen LogP contribution is -2.22. The molecule has 0 saturated heterocycles. The van der Waals surface area contributed by atoms with Crippen LogP contribution in [0.1, 0.15) is 76.5 Å². The van der Waals surface area contributed by atoms with Crippen LogP contribution in [0.5, 0.6) is 0 Å². The fourth-order valence-corrected chi connectivity index (χ4v) is 3.87. The number of allylic oxidation sites excluding steroid dienone is 5. The van der Waals surface area contributed by atoms with Crippen molar-refractivity contribution in [2.24, 2.45) is 10.9 Å². The molecule has 0 aliphatic heterocycles. The average molecular weight is 380 g/mol. The van der Waals surface area contributed by atoms with E-state index in [1.165, 1.54) is 32.1 Å². The van der Waals surface area contributed by atoms with Crippen molar-refractivity contribution in [1.82, 2.24) is 10.3 Å². The number of hydrogen-bond acceptors (Lipinski definition) is 3. The standard InChI is InChI=1S/C25H37N3/c1-5-11-21(6-2)18-27-19-24-25(26-4)23(16-17-28-24)20(3)12-10-15-22-13-8-7-9-14-22/h7-8,13,16-17,21,27H,3-6,9-12,14-15,18-19H2,1-2H3. The third-order valence-electron chi connectivity index (χ3n) is 5.62. The van der Waals surface area contributed by atoms with Gasteiger partial charge in [-0.2, -0.15) is 0 Å². The topological polar surface area (TPSA) is 37.3 Å². The molecule has 3 nitrogen and oxygen atoms in total. The lowest BCUT2D eigenvalue weighted by Gasteiger charge is -2.16. The summed E-state index contributed by atoms with van der Waals surface area (Å²) >= 11 is 0. The van der Waals surface area contributed by atoms with Gasteiger partial charge in [0.05, 0.1) is 11.4 Å². The van der Waals surface area contributed by atoms with Gasteiger partial charge in [0.2, 0.25) is 0 Å². The predicted octanol–water partition coefficient (Wildman–Crippen LogP) is 6.79. The van der Waals surface area contributed by atoms with Crippen molar-refractivity contribution in [3.63, 3.8) is 0 Å². The minimum Gasteiger partial charge on any atom is -0.311 e. The molecule has 28 heavy (non-hydrogen) atoms. The largest absolute Gasteiger partial charge is 0.311 e. The van der Waals surface area contributed by atoms with Crippen molar-refractivity contribution in [2.75, 3.05) is 6.54 Å². The summed E-state index contributed by atoms with van der Waals surface area (Å²) in [6, 6.07) is 2.03. The molecule has 0 saturated carbocycles. The second-order valence-corrected chi connectivity index (χ2v) is 7.75. The van der Waals surface area contributed by atoms with E-state index in [0.29, 0.717) is 0 Å². The summed E-state index contributed by atoms with van der Waals surface area (Å²) in [4.78, 5) is 8.87. The van der Waals surface area contributed by atoms with Gasteiger partial charge in [-0.3, -0.25) is 9.98 Å². The summed E-state index contributed by atoms with van der Waals surface area (Å²) in [5, 5.41) is 3.57. The van der Waals surface area contributed by atoms with E-state index in [-0.39, 0.29) is 0 Å². The van der Waals surface area contributed by atoms with Gasteiger partial charge in [-0.15, -0.1) is 0 Å². The molecule has 2 rings (SSSR count). The first kappa shape index (κ1) is 22.3. The molecule has 1 atom stereocenters. The number of nitrogens with one attached hydrogen (secondary N) is 1. The average Bonchev–Trinajstić information content (AvgIpc) is 2.73. The van der Waals surface area contributed by atoms with Crippen molar-refractivity contribution < 1.29 is 0 Å². The summed E-state index contributed by atoms with van der Waals surface area (Å²) in [5.41, 5.74) is 5.65. The molecule has 1 aliphatic rings. The first-order valence-electron chi connectivity index (χ1n) is 10.9. The number of pyridine rings is 1. The van der Waals surface area contributed by atoms with Gasteiger partial charge in [-0.25, -0.2) is 0 Å². The Hall–Kier alpha value is -2.00. The summed E-state index contributed by atoms with van der Waals surface area (Å²) in [6.45, 7) is 14.4. The maximum atomic E-state index is 4.56. The quantitative estimate of drug-likeness (QED) is 0.383. The van der Waals surface area contributed by atoms with Crippen molar-refractivity contribution in [1.29, 1.82) is 0 Å². The zero-order chi connectivity index (χ0) is 20.2. The monoisotopic (exact) mass is 379 g/mol. The first-order chi connectivity index (χ1) is 13.7. The smallest absolute Gasteiger partial charge is 0.0925 e. The van der Waals surface area contributed by atoms with Crippen molar-refractivity contribution in [3.8, 4) is 0 Å². The third kappa shape index (κ3) is 6.87. The van der Waals surface area contributed by atoms with E-state index in [1.54, 1.807) is 5.57 Å². The first-order valence-corrected chi connectivity index (χ1v) is 10.9. The second kappa shape index (κ2) is 12.5. The Balaban J connectivity index is 1.93. The molecule has 1 heterocycles. The lowest BCUT2D eigenvalue weighted by atomic mass is 9.95. The van der Waals surface area contributed by atoms with E-state index < -0.39 is 0 Å². The highest BCUT2D eigenvalue weighted by Gasteiger charge is 2.12. The van der Waals surface area contributed by atoms with E-state index >= 15 is 0 Å². The van der Waals surface area contributed by atoms with E-state index in [2.05, 4.69) is 60.7 Å². The second-order valence-electron chi connectivity index (χ2n) is 7.75. The maximum absolute atomic E-state index is 4.56. The molecular formula is C25H37N3. The summed E-state index contributed by atoms with van der Waals surface area (Å²) in [6.07, 6.45) is 17.9. The molecule has 0 fully saturated rings. The number of aliphatic imine (C=N–C) groups is 1. The molecule has 1 N–H and O–H groups in total. The number of rotatable bonds is 13. The van der Waals surface area contributed by atoms with Crippen LogP contribution in [0.15, 0.2) is 47.6 Å². The maximum Gasteiger partial charge on any atom is 0.0925 e. The predicted molar refractivity (Wildman–Crippen MR) is 123 cm³/mol. The Bertz CT molecular complexity index is 700. The summed E-state index contributed by atoms with van der Waals surface area (Å²) in [7, 11) is 0. The van der Waals surface area contributed by atoms with Crippen LogP contribution >= 0.6 is 0 Å². The molecule has 1 aliphatic carbocycles. The lowest BCUT2D eigenvalue weighted by molar-refractivity contribution is 0.427. The van der Waals surface area contributed by atoms with Crippen LogP contribution in [0, 0.1) is 5.92 Å². The molecule has 0 aromatic carbocycles. The molecule has 0 amide bonds. The number of hydrogen-bond donors (Lipinski definition) is 1. The van der Waals surface area contributed by atoms with Gasteiger partial charge in [0.15, 0.2) is 0 Å². The third-order valence-corrected chi connectivity index (χ3v) is 5.62. The fraction of sp³-hybridized carbons (Fsp3) is 0.520. The van der Waals surface area contributed by atoms with Gasteiger partial charge in [0.1, 0.15) is 0 Å². The highest BCUT2D eigenvalue weighted by molar-refractivity contribution is 5.75. The minimum absolute atomic E-state index is 0.729. The Labute approximate surface area is 171 Å². The van der Waals surface area contributed by atoms with Crippen LogP contribution in [-0.4, -0.2) is 18.2 Å². The van der Waals surface area contributed by atoms with E-state index in [0.717, 1.165) is 60.8 Å². The fourth-order valence-electron chi connectivity index (χ4n) is 3.87. The van der Waals surface area contributed by atoms with Gasteiger partial charge in [-0.05, 0) is 69.3 Å². The Kier molecular flexibility index (Phi) is 9.92. The Morgan fingerprint density at radius 2 is 2.21 bits per heavy atom. The van der Waals surface area contributed by atoms with Crippen molar-refractivity contribution in [2.45, 2.75) is 71.8 Å². The highest BCUT2D eigenvalue weighted by atomic mass is 14.9. The molecule has 0 spiro atoms. The number of aromatic nitrogens is 1. The Morgan fingerprint density at radius 1 is 1.36 bits per heavy atom. The zero-order valence-electron chi connectivity index (χ0n) is 17.8. The molecule has 0 bridgehead atoms.